The Labute approximate surface area is 331 Å². The Morgan fingerprint density at radius 3 is 1.00 bits per heavy atom. The lowest BCUT2D eigenvalue weighted by atomic mass is 10.1. The van der Waals surface area contributed by atoms with E-state index in [1.165, 1.54) is 24.3 Å². The Morgan fingerprint density at radius 2 is 0.732 bits per heavy atom. The van der Waals surface area contributed by atoms with Gasteiger partial charge in [0.2, 0.25) is 0 Å². The van der Waals surface area contributed by atoms with Crippen LogP contribution in [0.5, 0.6) is 23.0 Å². The van der Waals surface area contributed by atoms with E-state index >= 15 is 0 Å². The van der Waals surface area contributed by atoms with Crippen molar-refractivity contribution in [2.45, 2.75) is 105 Å². The SMILES string of the molecule is C#CCOc1cc(C(=O)OCC)c(OCCCCCCCCOc2cc(C(=O)OCC)c(OCCCCCCCCO)cc2C(=O)OCC)cc1C(=O)OCC. The van der Waals surface area contributed by atoms with Crippen molar-refractivity contribution in [3.63, 3.8) is 0 Å². The first-order chi connectivity index (χ1) is 27.3. The second kappa shape index (κ2) is 28.4. The number of aliphatic hydroxyl groups is 1. The van der Waals surface area contributed by atoms with E-state index in [0.29, 0.717) is 32.7 Å². The minimum absolute atomic E-state index is 0.0935. The normalized spacial score (nSPS) is 10.6. The van der Waals surface area contributed by atoms with Crippen molar-refractivity contribution in [3.05, 3.63) is 46.5 Å². The zero-order valence-corrected chi connectivity index (χ0v) is 33.6. The Bertz CT molecular complexity index is 1550. The standard InChI is InChI=1S/C43H60O13/c1-6-24-53-36-28-33(41(46)50-8-3)37(29-32(36)40(45)49-7-2)54-26-21-17-13-14-18-22-27-56-39-31-34(42(47)51-9-4)38(30-35(39)43(48)52-10-5)55-25-20-16-12-11-15-19-23-44/h1,28-31,44H,7-27H2,2-5H3. The van der Waals surface area contributed by atoms with Gasteiger partial charge in [-0.05, 0) is 77.6 Å². The van der Waals surface area contributed by atoms with Gasteiger partial charge in [-0.1, -0.05) is 57.3 Å². The van der Waals surface area contributed by atoms with Gasteiger partial charge in [-0.25, -0.2) is 19.2 Å². The number of ether oxygens (including phenoxy) is 8. The van der Waals surface area contributed by atoms with Gasteiger partial charge in [-0.2, -0.15) is 0 Å². The quantitative estimate of drug-likeness (QED) is 0.0352. The van der Waals surface area contributed by atoms with Crippen LogP contribution in [-0.2, 0) is 18.9 Å². The Kier molecular flexibility index (Phi) is 24.0. The van der Waals surface area contributed by atoms with Crippen LogP contribution >= 0.6 is 0 Å². The van der Waals surface area contributed by atoms with Crippen LogP contribution in [0.25, 0.3) is 0 Å². The molecule has 0 saturated heterocycles. The fourth-order valence-corrected chi connectivity index (χ4v) is 5.57. The minimum Gasteiger partial charge on any atom is -0.493 e. The third-order valence-corrected chi connectivity index (χ3v) is 8.32. The van der Waals surface area contributed by atoms with Crippen molar-refractivity contribution >= 4 is 23.9 Å². The number of unbranched alkanes of at least 4 members (excludes halogenated alkanes) is 10. The van der Waals surface area contributed by atoms with E-state index in [0.717, 1.165) is 64.2 Å². The average Bonchev–Trinajstić information content (AvgIpc) is 3.19. The molecule has 0 heterocycles. The number of hydrogen-bond acceptors (Lipinski definition) is 13. The van der Waals surface area contributed by atoms with Crippen molar-refractivity contribution in [2.75, 3.05) is 59.5 Å². The number of carbonyl (C=O) groups is 4. The summed E-state index contributed by atoms with van der Waals surface area (Å²) in [5, 5.41) is 8.95. The molecule has 56 heavy (non-hydrogen) atoms. The molecule has 0 aliphatic rings. The van der Waals surface area contributed by atoms with Crippen molar-refractivity contribution in [3.8, 4) is 35.3 Å². The van der Waals surface area contributed by atoms with Gasteiger partial charge in [0, 0.05) is 6.61 Å². The topological polar surface area (TPSA) is 162 Å². The molecule has 0 spiro atoms. The van der Waals surface area contributed by atoms with Crippen LogP contribution in [0.2, 0.25) is 0 Å². The summed E-state index contributed by atoms with van der Waals surface area (Å²) >= 11 is 0. The first-order valence-corrected chi connectivity index (χ1v) is 19.9. The zero-order valence-electron chi connectivity index (χ0n) is 33.6. The van der Waals surface area contributed by atoms with E-state index in [1.807, 2.05) is 0 Å². The molecule has 0 amide bonds. The fraction of sp³-hybridized carbons (Fsp3) is 0.581. The highest BCUT2D eigenvalue weighted by molar-refractivity contribution is 5.99. The van der Waals surface area contributed by atoms with Crippen LogP contribution in [0.15, 0.2) is 24.3 Å². The second-order valence-electron chi connectivity index (χ2n) is 12.6. The molecule has 0 bridgehead atoms. The molecule has 0 atom stereocenters. The predicted octanol–water partition coefficient (Wildman–Crippen LogP) is 7.92. The molecule has 0 saturated carbocycles. The molecule has 0 radical (unpaired) electrons. The monoisotopic (exact) mass is 784 g/mol. The van der Waals surface area contributed by atoms with Crippen LogP contribution in [0, 0.1) is 12.3 Å². The van der Waals surface area contributed by atoms with Gasteiger partial charge in [0.25, 0.3) is 0 Å². The van der Waals surface area contributed by atoms with E-state index in [2.05, 4.69) is 5.92 Å². The van der Waals surface area contributed by atoms with Crippen molar-refractivity contribution in [1.82, 2.24) is 0 Å². The van der Waals surface area contributed by atoms with E-state index in [4.69, 9.17) is 49.4 Å². The van der Waals surface area contributed by atoms with Crippen LogP contribution in [0.3, 0.4) is 0 Å². The van der Waals surface area contributed by atoms with E-state index in [-0.39, 0.29) is 84.9 Å². The summed E-state index contributed by atoms with van der Waals surface area (Å²) in [5.41, 5.74) is 0.566. The molecule has 2 aromatic carbocycles. The minimum atomic E-state index is -0.630. The molecule has 0 aliphatic heterocycles. The lowest BCUT2D eigenvalue weighted by Crippen LogP contribution is -2.14. The Hall–Kier alpha value is -4.96. The molecular weight excluding hydrogens is 724 g/mol. The first-order valence-electron chi connectivity index (χ1n) is 19.9. The highest BCUT2D eigenvalue weighted by Crippen LogP contribution is 2.33. The molecule has 310 valence electrons. The zero-order chi connectivity index (χ0) is 41.0. The molecule has 0 aliphatic carbocycles. The number of benzene rings is 2. The summed E-state index contributed by atoms with van der Waals surface area (Å²) in [7, 11) is 0. The highest BCUT2D eigenvalue weighted by atomic mass is 16.6. The van der Waals surface area contributed by atoms with Gasteiger partial charge in [0.05, 0.1) is 46.2 Å². The van der Waals surface area contributed by atoms with Gasteiger partial charge in [-0.15, -0.1) is 6.42 Å². The van der Waals surface area contributed by atoms with Gasteiger partial charge < -0.3 is 43.0 Å². The summed E-state index contributed by atoms with van der Waals surface area (Å²) in [6.45, 7) is 8.53. The van der Waals surface area contributed by atoms with Gasteiger partial charge in [0.15, 0.2) is 0 Å². The van der Waals surface area contributed by atoms with E-state index < -0.39 is 23.9 Å². The summed E-state index contributed by atoms with van der Waals surface area (Å²) in [6.07, 6.45) is 15.8. The number of esters is 4. The maximum absolute atomic E-state index is 12.9. The maximum Gasteiger partial charge on any atom is 0.342 e. The third kappa shape index (κ3) is 16.8. The van der Waals surface area contributed by atoms with Crippen molar-refractivity contribution in [1.29, 1.82) is 0 Å². The first kappa shape index (κ1) is 47.2. The van der Waals surface area contributed by atoms with E-state index in [1.54, 1.807) is 27.7 Å². The molecule has 0 unspecified atom stereocenters. The molecule has 2 rings (SSSR count). The van der Waals surface area contributed by atoms with Crippen LogP contribution in [0.1, 0.15) is 146 Å². The predicted molar refractivity (Wildman–Crippen MR) is 210 cm³/mol. The van der Waals surface area contributed by atoms with Crippen LogP contribution in [0.4, 0.5) is 0 Å². The summed E-state index contributed by atoms with van der Waals surface area (Å²) < 4.78 is 44.4. The molecule has 0 aromatic heterocycles. The lowest BCUT2D eigenvalue weighted by Gasteiger charge is -2.17. The van der Waals surface area contributed by atoms with E-state index in [9.17, 15) is 19.2 Å². The second-order valence-corrected chi connectivity index (χ2v) is 12.6. The Morgan fingerprint density at radius 1 is 0.464 bits per heavy atom. The van der Waals surface area contributed by atoms with Crippen molar-refractivity contribution < 1.29 is 62.2 Å². The number of aliphatic hydroxyl groups excluding tert-OH is 1. The largest absolute Gasteiger partial charge is 0.493 e. The molecule has 13 heteroatoms. The Balaban J connectivity index is 1.96. The highest BCUT2D eigenvalue weighted by Gasteiger charge is 2.25. The lowest BCUT2D eigenvalue weighted by molar-refractivity contribution is 0.0503. The number of terminal acetylenes is 1. The summed E-state index contributed by atoms with van der Waals surface area (Å²) in [4.78, 5) is 51.2. The van der Waals surface area contributed by atoms with Gasteiger partial charge in [0.1, 0.15) is 51.9 Å². The van der Waals surface area contributed by atoms with Crippen molar-refractivity contribution in [2.24, 2.45) is 0 Å². The summed E-state index contributed by atoms with van der Waals surface area (Å²) in [6, 6.07) is 5.80. The maximum atomic E-state index is 12.9. The number of carbonyl (C=O) groups excluding carboxylic acids is 4. The fourth-order valence-electron chi connectivity index (χ4n) is 5.57. The molecular formula is C43H60O13. The third-order valence-electron chi connectivity index (χ3n) is 8.32. The molecule has 0 fully saturated rings. The van der Waals surface area contributed by atoms with Crippen LogP contribution in [-0.4, -0.2) is 88.4 Å². The smallest absolute Gasteiger partial charge is 0.342 e. The average molecular weight is 785 g/mol. The van der Waals surface area contributed by atoms with Crippen LogP contribution < -0.4 is 18.9 Å². The number of hydrogen-bond donors (Lipinski definition) is 1. The molecule has 1 N–H and O–H groups in total. The van der Waals surface area contributed by atoms with Gasteiger partial charge in [-0.3, -0.25) is 0 Å². The molecule has 13 nitrogen and oxygen atoms in total. The summed E-state index contributed by atoms with van der Waals surface area (Å²) in [5.74, 6) is 0.710. The van der Waals surface area contributed by atoms with Gasteiger partial charge >= 0.3 is 23.9 Å². The molecule has 2 aromatic rings. The number of rotatable bonds is 30.